The van der Waals surface area contributed by atoms with Gasteiger partial charge in [-0.05, 0) is 36.2 Å². The maximum absolute atomic E-state index is 4.10. The molecule has 3 rings (SSSR count). The third kappa shape index (κ3) is 2.05. The van der Waals surface area contributed by atoms with E-state index in [0.717, 1.165) is 5.56 Å². The molecule has 0 unspecified atom stereocenters. The summed E-state index contributed by atoms with van der Waals surface area (Å²) in [7, 11) is 0. The van der Waals surface area contributed by atoms with Crippen LogP contribution in [-0.2, 0) is 0 Å². The van der Waals surface area contributed by atoms with Gasteiger partial charge >= 0.3 is 0 Å². The van der Waals surface area contributed by atoms with E-state index in [1.54, 1.807) is 6.20 Å². The highest BCUT2D eigenvalue weighted by Gasteiger charge is 2.00. The van der Waals surface area contributed by atoms with Crippen molar-refractivity contribution in [2.24, 2.45) is 0 Å². The van der Waals surface area contributed by atoms with E-state index in [1.807, 2.05) is 24.5 Å². The van der Waals surface area contributed by atoms with Gasteiger partial charge in [0.15, 0.2) is 0 Å². The summed E-state index contributed by atoms with van der Waals surface area (Å²) in [4.78, 5) is 7.39. The molecule has 1 aromatic carbocycles. The molecule has 0 aliphatic carbocycles. The van der Waals surface area contributed by atoms with E-state index in [0.29, 0.717) is 0 Å². The lowest BCUT2D eigenvalue weighted by Crippen LogP contribution is -1.75. The molecule has 0 aliphatic rings. The average Bonchev–Trinajstić information content (AvgIpc) is 2.80. The fourth-order valence-electron chi connectivity index (χ4n) is 2.05. The fourth-order valence-corrected chi connectivity index (χ4v) is 2.05. The molecule has 0 fully saturated rings. The Balaban J connectivity index is 2.00. The monoisotopic (exact) mass is 234 g/mol. The van der Waals surface area contributed by atoms with E-state index in [-0.39, 0.29) is 0 Å². The van der Waals surface area contributed by atoms with Gasteiger partial charge in [0.2, 0.25) is 0 Å². The number of nitrogens with zero attached hydrogens (tertiary/aromatic N) is 1. The number of benzene rings is 1. The molecule has 0 atom stereocenters. The normalized spacial score (nSPS) is 11.4. The van der Waals surface area contributed by atoms with Gasteiger partial charge in [0, 0.05) is 29.5 Å². The summed E-state index contributed by atoms with van der Waals surface area (Å²) in [5, 5.41) is 1.26. The standard InChI is InChI=1S/C16H14N2/c1-12-4-7-16-15(9-12)14(11-18-16)6-5-13-3-2-8-17-10-13/h2-11,18H,1H3/b6-5+. The van der Waals surface area contributed by atoms with Crippen LogP contribution < -0.4 is 0 Å². The van der Waals surface area contributed by atoms with Crippen LogP contribution in [0.4, 0.5) is 0 Å². The van der Waals surface area contributed by atoms with Crippen molar-refractivity contribution < 1.29 is 0 Å². The van der Waals surface area contributed by atoms with Gasteiger partial charge < -0.3 is 4.98 Å². The Labute approximate surface area is 106 Å². The zero-order valence-electron chi connectivity index (χ0n) is 10.2. The zero-order chi connectivity index (χ0) is 12.4. The van der Waals surface area contributed by atoms with Crippen molar-refractivity contribution in [2.45, 2.75) is 6.92 Å². The molecular formula is C16H14N2. The highest BCUT2D eigenvalue weighted by molar-refractivity contribution is 5.91. The maximum Gasteiger partial charge on any atom is 0.0460 e. The number of aryl methyl sites for hydroxylation is 1. The Kier molecular flexibility index (Phi) is 2.69. The van der Waals surface area contributed by atoms with Gasteiger partial charge in [-0.15, -0.1) is 0 Å². The Morgan fingerprint density at radius 2 is 2.11 bits per heavy atom. The molecule has 0 saturated heterocycles. The van der Waals surface area contributed by atoms with Crippen molar-refractivity contribution in [3.63, 3.8) is 0 Å². The first-order valence-electron chi connectivity index (χ1n) is 5.99. The molecular weight excluding hydrogens is 220 g/mol. The molecule has 0 radical (unpaired) electrons. The SMILES string of the molecule is Cc1ccc2[nH]cc(/C=C/c3cccnc3)c2c1. The van der Waals surface area contributed by atoms with Crippen LogP contribution in [-0.4, -0.2) is 9.97 Å². The van der Waals surface area contributed by atoms with Crippen LogP contribution in [0.15, 0.2) is 48.9 Å². The first-order chi connectivity index (χ1) is 8.83. The number of nitrogens with one attached hydrogen (secondary N) is 1. The van der Waals surface area contributed by atoms with Gasteiger partial charge in [0.05, 0.1) is 0 Å². The van der Waals surface area contributed by atoms with Crippen LogP contribution >= 0.6 is 0 Å². The van der Waals surface area contributed by atoms with Crippen LogP contribution in [0.25, 0.3) is 23.1 Å². The molecule has 18 heavy (non-hydrogen) atoms. The highest BCUT2D eigenvalue weighted by atomic mass is 14.7. The second-order valence-corrected chi connectivity index (χ2v) is 4.41. The topological polar surface area (TPSA) is 28.7 Å². The van der Waals surface area contributed by atoms with Crippen molar-refractivity contribution >= 4 is 23.1 Å². The van der Waals surface area contributed by atoms with Crippen LogP contribution in [0.2, 0.25) is 0 Å². The van der Waals surface area contributed by atoms with E-state index < -0.39 is 0 Å². The molecule has 0 aliphatic heterocycles. The number of pyridine rings is 1. The summed E-state index contributed by atoms with van der Waals surface area (Å²) in [6.07, 6.45) is 9.88. The molecule has 2 nitrogen and oxygen atoms in total. The second-order valence-electron chi connectivity index (χ2n) is 4.41. The summed E-state index contributed by atoms with van der Waals surface area (Å²) in [5.41, 5.74) is 4.77. The number of hydrogen-bond acceptors (Lipinski definition) is 1. The Morgan fingerprint density at radius 1 is 1.17 bits per heavy atom. The zero-order valence-corrected chi connectivity index (χ0v) is 10.2. The summed E-state index contributed by atoms with van der Waals surface area (Å²) in [5.74, 6) is 0. The van der Waals surface area contributed by atoms with Gasteiger partial charge in [0.25, 0.3) is 0 Å². The van der Waals surface area contributed by atoms with Crippen molar-refractivity contribution in [3.05, 3.63) is 65.6 Å². The van der Waals surface area contributed by atoms with Crippen molar-refractivity contribution in [3.8, 4) is 0 Å². The molecule has 2 heteroatoms. The van der Waals surface area contributed by atoms with Crippen molar-refractivity contribution in [1.82, 2.24) is 9.97 Å². The minimum Gasteiger partial charge on any atom is -0.361 e. The molecule has 3 aromatic rings. The molecule has 0 spiro atoms. The van der Waals surface area contributed by atoms with Crippen LogP contribution in [0.5, 0.6) is 0 Å². The minimum absolute atomic E-state index is 1.11. The fraction of sp³-hybridized carbons (Fsp3) is 0.0625. The first kappa shape index (κ1) is 10.8. The number of H-pyrrole nitrogens is 1. The molecule has 88 valence electrons. The predicted octanol–water partition coefficient (Wildman–Crippen LogP) is 4.04. The molecule has 1 N–H and O–H groups in total. The lowest BCUT2D eigenvalue weighted by atomic mass is 10.1. The van der Waals surface area contributed by atoms with Gasteiger partial charge in [-0.1, -0.05) is 29.8 Å². The summed E-state index contributed by atoms with van der Waals surface area (Å²) in [6, 6.07) is 10.4. The quantitative estimate of drug-likeness (QED) is 0.712. The van der Waals surface area contributed by atoms with Gasteiger partial charge in [-0.3, -0.25) is 4.98 Å². The average molecular weight is 234 g/mol. The van der Waals surface area contributed by atoms with E-state index in [2.05, 4.69) is 47.2 Å². The Bertz CT molecular complexity index is 693. The number of hydrogen-bond donors (Lipinski definition) is 1. The van der Waals surface area contributed by atoms with Gasteiger partial charge in [-0.25, -0.2) is 0 Å². The van der Waals surface area contributed by atoms with Crippen molar-refractivity contribution in [1.29, 1.82) is 0 Å². The van der Waals surface area contributed by atoms with Crippen LogP contribution in [0.1, 0.15) is 16.7 Å². The summed E-state index contributed by atoms with van der Waals surface area (Å²) >= 11 is 0. The van der Waals surface area contributed by atoms with E-state index in [1.165, 1.54) is 22.0 Å². The lowest BCUT2D eigenvalue weighted by Gasteiger charge is -1.95. The number of rotatable bonds is 2. The summed E-state index contributed by atoms with van der Waals surface area (Å²) in [6.45, 7) is 2.11. The predicted molar refractivity (Wildman–Crippen MR) is 76.2 cm³/mol. The summed E-state index contributed by atoms with van der Waals surface area (Å²) < 4.78 is 0. The minimum atomic E-state index is 1.11. The van der Waals surface area contributed by atoms with Crippen LogP contribution in [0.3, 0.4) is 0 Å². The van der Waals surface area contributed by atoms with Gasteiger partial charge in [-0.2, -0.15) is 0 Å². The van der Waals surface area contributed by atoms with E-state index in [9.17, 15) is 0 Å². The second kappa shape index (κ2) is 4.49. The largest absolute Gasteiger partial charge is 0.361 e. The molecule has 2 aromatic heterocycles. The van der Waals surface area contributed by atoms with E-state index in [4.69, 9.17) is 0 Å². The van der Waals surface area contributed by atoms with Gasteiger partial charge in [0.1, 0.15) is 0 Å². The molecule has 0 amide bonds. The number of fused-ring (bicyclic) bond motifs is 1. The molecule has 0 bridgehead atoms. The number of aromatic amines is 1. The lowest BCUT2D eigenvalue weighted by molar-refractivity contribution is 1.32. The first-order valence-corrected chi connectivity index (χ1v) is 5.99. The highest BCUT2D eigenvalue weighted by Crippen LogP contribution is 2.21. The third-order valence-electron chi connectivity index (χ3n) is 3.01. The Morgan fingerprint density at radius 3 is 2.94 bits per heavy atom. The number of aromatic nitrogens is 2. The molecule has 0 saturated carbocycles. The smallest absolute Gasteiger partial charge is 0.0460 e. The van der Waals surface area contributed by atoms with Crippen LogP contribution in [0, 0.1) is 6.92 Å². The molecule has 2 heterocycles. The Hall–Kier alpha value is -2.35. The third-order valence-corrected chi connectivity index (χ3v) is 3.01. The maximum atomic E-state index is 4.10. The van der Waals surface area contributed by atoms with Crippen molar-refractivity contribution in [2.75, 3.05) is 0 Å². The van der Waals surface area contributed by atoms with E-state index >= 15 is 0 Å².